The molecule has 0 heterocycles. The van der Waals surface area contributed by atoms with Gasteiger partial charge in [0.05, 0.1) is 13.2 Å². The first-order valence-corrected chi connectivity index (χ1v) is 32.8. The van der Waals surface area contributed by atoms with Gasteiger partial charge in [-0.15, -0.1) is 0 Å². The highest BCUT2D eigenvalue weighted by Gasteiger charge is 2.01. The lowest BCUT2D eigenvalue weighted by Gasteiger charge is -2.05. The quantitative estimate of drug-likeness (QED) is 0.0450. The van der Waals surface area contributed by atoms with Crippen molar-refractivity contribution in [3.63, 3.8) is 0 Å². The smallest absolute Gasteiger partial charge is 0.311 e. The van der Waals surface area contributed by atoms with E-state index >= 15 is 0 Å². The van der Waals surface area contributed by atoms with Crippen LogP contribution >= 0.6 is 8.25 Å². The van der Waals surface area contributed by atoms with Gasteiger partial charge in [0.2, 0.25) is 0 Å². The molecule has 0 aliphatic carbocycles. The Bertz CT molecular complexity index is 849. The molecule has 0 bridgehead atoms. The normalized spacial score (nSPS) is 12.2. The Morgan fingerprint density at radius 1 is 0.197 bits per heavy atom. The first-order valence-electron chi connectivity index (χ1n) is 31.6. The zero-order chi connectivity index (χ0) is 47.4. The molecule has 0 fully saturated rings. The molecule has 0 aliphatic heterocycles. The molecule has 0 N–H and O–H groups in total. The molecule has 0 aromatic carbocycles. The molecule has 0 rings (SSSR count). The van der Waals surface area contributed by atoms with E-state index in [2.05, 4.69) is 6.92 Å². The second-order valence-corrected chi connectivity index (χ2v) is 22.8. The van der Waals surface area contributed by atoms with Crippen LogP contribution in [0.25, 0.3) is 0 Å². The minimum Gasteiger partial charge on any atom is -0.311 e. The summed E-state index contributed by atoms with van der Waals surface area (Å²) in [6.45, 7) is 5.21. The molecule has 0 aliphatic rings. The molecule has 0 saturated carbocycles. The predicted molar refractivity (Wildman–Crippen MR) is 300 cm³/mol. The van der Waals surface area contributed by atoms with Crippen molar-refractivity contribution in [2.24, 2.45) is 0 Å². The zero-order valence-corrected chi connectivity index (χ0v) is 47.2. The molecule has 66 heavy (non-hydrogen) atoms. The first-order chi connectivity index (χ1) is 32.8. The first kappa shape index (κ1) is 66.2. The lowest BCUT2D eigenvalue weighted by molar-refractivity contribution is 0.229. The fourth-order valence-corrected chi connectivity index (χ4v) is 11.0. The Morgan fingerprint density at radius 2 is 0.333 bits per heavy atom. The van der Waals surface area contributed by atoms with E-state index < -0.39 is 8.25 Å². The van der Waals surface area contributed by atoms with Crippen LogP contribution < -0.4 is 0 Å². The largest absolute Gasteiger partial charge is 0.319 e. The SMILES string of the molecule is CCCCCCCCCCCCCCCCCCCCCCCCCCCCCCCCCCCCCCCCCCCCCCCCCCCCCCCCCCCCO[PH](=O)OCC. The fraction of sp³-hybridized carbons (Fsp3) is 1.00. The summed E-state index contributed by atoms with van der Waals surface area (Å²) in [5, 5.41) is 0. The maximum Gasteiger partial charge on any atom is 0.319 e. The summed E-state index contributed by atoms with van der Waals surface area (Å²) in [6.07, 6.45) is 84.5. The van der Waals surface area contributed by atoms with Crippen LogP contribution in [-0.4, -0.2) is 13.2 Å². The van der Waals surface area contributed by atoms with Gasteiger partial charge in [0.1, 0.15) is 0 Å². The molecule has 3 nitrogen and oxygen atoms in total. The summed E-state index contributed by atoms with van der Waals surface area (Å²) < 4.78 is 21.5. The van der Waals surface area contributed by atoms with Gasteiger partial charge >= 0.3 is 8.25 Å². The Morgan fingerprint density at radius 3 is 0.470 bits per heavy atom. The van der Waals surface area contributed by atoms with Crippen LogP contribution in [0.1, 0.15) is 386 Å². The van der Waals surface area contributed by atoms with Crippen LogP contribution in [0.5, 0.6) is 0 Å². The van der Waals surface area contributed by atoms with Gasteiger partial charge in [0.25, 0.3) is 0 Å². The van der Waals surface area contributed by atoms with Crippen LogP contribution in [-0.2, 0) is 13.6 Å². The standard InChI is InChI=1S/C62H127O3P/c1-3-5-6-7-8-9-10-11-12-13-14-15-16-17-18-19-20-21-22-23-24-25-26-27-28-29-30-31-32-33-34-35-36-37-38-39-40-41-42-43-44-45-46-47-48-49-50-51-52-53-54-55-56-57-58-59-60-61-62-65-66(63)64-4-2/h66H,3-62H2,1-2H3. The molecule has 0 saturated heterocycles. The van der Waals surface area contributed by atoms with E-state index in [1.165, 1.54) is 366 Å². The summed E-state index contributed by atoms with van der Waals surface area (Å²) >= 11 is 0. The summed E-state index contributed by atoms with van der Waals surface area (Å²) in [5.41, 5.74) is 0. The van der Waals surface area contributed by atoms with Crippen molar-refractivity contribution in [2.45, 2.75) is 386 Å². The molecular formula is C62H127O3P. The molecule has 0 spiro atoms. The van der Waals surface area contributed by atoms with Crippen molar-refractivity contribution in [2.75, 3.05) is 13.2 Å². The van der Waals surface area contributed by atoms with Gasteiger partial charge in [-0.05, 0) is 13.3 Å². The molecule has 0 aromatic heterocycles. The molecular weight excluding hydrogens is 824 g/mol. The lowest BCUT2D eigenvalue weighted by atomic mass is 10.0. The van der Waals surface area contributed by atoms with E-state index in [1.807, 2.05) is 6.92 Å². The second kappa shape index (κ2) is 63.2. The van der Waals surface area contributed by atoms with E-state index in [-0.39, 0.29) is 0 Å². The van der Waals surface area contributed by atoms with Gasteiger partial charge in [-0.3, -0.25) is 4.57 Å². The topological polar surface area (TPSA) is 35.5 Å². The van der Waals surface area contributed by atoms with Crippen LogP contribution in [0.2, 0.25) is 0 Å². The summed E-state index contributed by atoms with van der Waals surface area (Å²) in [4.78, 5) is 0. The van der Waals surface area contributed by atoms with Crippen molar-refractivity contribution < 1.29 is 13.6 Å². The number of hydrogen-bond donors (Lipinski definition) is 0. The van der Waals surface area contributed by atoms with Crippen molar-refractivity contribution in [1.82, 2.24) is 0 Å². The highest BCUT2D eigenvalue weighted by atomic mass is 31.1. The summed E-state index contributed by atoms with van der Waals surface area (Å²) in [7, 11) is -2.23. The minimum atomic E-state index is -2.23. The third kappa shape index (κ3) is 62.2. The number of hydrogen-bond acceptors (Lipinski definition) is 3. The summed E-state index contributed by atoms with van der Waals surface area (Å²) in [6, 6.07) is 0. The highest BCUT2D eigenvalue weighted by molar-refractivity contribution is 7.33. The Kier molecular flexibility index (Phi) is 63.3. The van der Waals surface area contributed by atoms with Crippen LogP contribution in [0, 0.1) is 0 Å². The van der Waals surface area contributed by atoms with Crippen LogP contribution in [0.3, 0.4) is 0 Å². The van der Waals surface area contributed by atoms with E-state index in [9.17, 15) is 4.57 Å². The Balaban J connectivity index is 3.08. The average Bonchev–Trinajstić information content (AvgIpc) is 3.32. The van der Waals surface area contributed by atoms with Crippen molar-refractivity contribution in [3.05, 3.63) is 0 Å². The van der Waals surface area contributed by atoms with E-state index in [1.54, 1.807) is 0 Å². The van der Waals surface area contributed by atoms with Gasteiger partial charge in [-0.25, -0.2) is 0 Å². The van der Waals surface area contributed by atoms with Crippen molar-refractivity contribution >= 4 is 8.25 Å². The average molecular weight is 952 g/mol. The maximum atomic E-state index is 11.3. The monoisotopic (exact) mass is 951 g/mol. The fourth-order valence-electron chi connectivity index (χ4n) is 10.4. The van der Waals surface area contributed by atoms with E-state index in [0.717, 1.165) is 6.42 Å². The van der Waals surface area contributed by atoms with Gasteiger partial charge in [-0.1, -0.05) is 373 Å². The third-order valence-corrected chi connectivity index (χ3v) is 15.9. The van der Waals surface area contributed by atoms with Crippen LogP contribution in [0.4, 0.5) is 0 Å². The molecule has 1 atom stereocenters. The van der Waals surface area contributed by atoms with Gasteiger partial charge < -0.3 is 9.05 Å². The molecule has 4 heteroatoms. The van der Waals surface area contributed by atoms with Crippen LogP contribution in [0.15, 0.2) is 0 Å². The summed E-state index contributed by atoms with van der Waals surface area (Å²) in [5.74, 6) is 0. The maximum absolute atomic E-state index is 11.3. The van der Waals surface area contributed by atoms with Crippen molar-refractivity contribution in [1.29, 1.82) is 0 Å². The highest BCUT2D eigenvalue weighted by Crippen LogP contribution is 2.24. The zero-order valence-electron chi connectivity index (χ0n) is 46.2. The minimum absolute atomic E-state index is 0.470. The molecule has 1 unspecified atom stereocenters. The molecule has 0 radical (unpaired) electrons. The molecule has 0 amide bonds. The lowest BCUT2D eigenvalue weighted by Crippen LogP contribution is -1.89. The van der Waals surface area contributed by atoms with Gasteiger partial charge in [0, 0.05) is 0 Å². The Labute approximate surface area is 419 Å². The van der Waals surface area contributed by atoms with Gasteiger partial charge in [0.15, 0.2) is 0 Å². The molecule has 398 valence electrons. The van der Waals surface area contributed by atoms with Crippen molar-refractivity contribution in [3.8, 4) is 0 Å². The predicted octanol–water partition coefficient (Wildman–Crippen LogP) is 24.1. The number of unbranched alkanes of at least 4 members (excludes halogenated alkanes) is 57. The second-order valence-electron chi connectivity index (χ2n) is 21.7. The van der Waals surface area contributed by atoms with E-state index in [4.69, 9.17) is 9.05 Å². The number of rotatable bonds is 62. The Hall–Kier alpha value is 0.150. The van der Waals surface area contributed by atoms with E-state index in [0.29, 0.717) is 13.2 Å². The van der Waals surface area contributed by atoms with Gasteiger partial charge in [-0.2, -0.15) is 0 Å². The molecule has 0 aromatic rings. The third-order valence-electron chi connectivity index (χ3n) is 15.0.